The lowest BCUT2D eigenvalue weighted by Crippen LogP contribution is -2.39. The van der Waals surface area contributed by atoms with Crippen molar-refractivity contribution in [2.75, 3.05) is 18.6 Å². The number of methoxy groups -OCH3 is 1. The average Bonchev–Trinajstić information content (AvgIpc) is 2.96. The normalized spacial score (nSPS) is 13.7. The molecule has 5 nitrogen and oxygen atoms in total. The van der Waals surface area contributed by atoms with Crippen LogP contribution in [0.3, 0.4) is 0 Å². The third-order valence-electron chi connectivity index (χ3n) is 4.93. The zero-order valence-electron chi connectivity index (χ0n) is 15.2. The molecule has 3 aromatic rings. The van der Waals surface area contributed by atoms with E-state index in [2.05, 4.69) is 5.32 Å². The highest BCUT2D eigenvalue weighted by atomic mass is 16.5. The van der Waals surface area contributed by atoms with Gasteiger partial charge >= 0.3 is 0 Å². The number of hydrogen-bond donors (Lipinski definition) is 1. The molecule has 4 rings (SSSR count). The van der Waals surface area contributed by atoms with Gasteiger partial charge in [0.2, 0.25) is 5.91 Å². The lowest BCUT2D eigenvalue weighted by Gasteiger charge is -2.21. The quantitative estimate of drug-likeness (QED) is 0.755. The summed E-state index contributed by atoms with van der Waals surface area (Å²) in [4.78, 5) is 27.0. The molecule has 27 heavy (non-hydrogen) atoms. The van der Waals surface area contributed by atoms with Crippen LogP contribution in [0.4, 0.5) is 5.69 Å². The molecular weight excluding hydrogens is 340 g/mol. The van der Waals surface area contributed by atoms with Gasteiger partial charge in [0, 0.05) is 16.5 Å². The Balaban J connectivity index is 1.54. The summed E-state index contributed by atoms with van der Waals surface area (Å²) in [5.41, 5.74) is 2.33. The Kier molecular flexibility index (Phi) is 4.28. The minimum atomic E-state index is -0.232. The summed E-state index contributed by atoms with van der Waals surface area (Å²) >= 11 is 0. The van der Waals surface area contributed by atoms with Gasteiger partial charge in [0.15, 0.2) is 0 Å². The Bertz CT molecular complexity index is 1040. The number of amides is 2. The van der Waals surface area contributed by atoms with Crippen molar-refractivity contribution < 1.29 is 14.3 Å². The molecule has 5 heteroatoms. The fourth-order valence-electron chi connectivity index (χ4n) is 3.67. The van der Waals surface area contributed by atoms with Crippen LogP contribution in [0, 0.1) is 0 Å². The molecule has 3 aromatic carbocycles. The SMILES string of the molecule is COc1ccccc1[C@H](C)NC(=O)CN1C(=O)c2cccc3cccc1c23. The van der Waals surface area contributed by atoms with Crippen LogP contribution in [-0.4, -0.2) is 25.5 Å². The second kappa shape index (κ2) is 6.76. The van der Waals surface area contributed by atoms with E-state index >= 15 is 0 Å². The van der Waals surface area contributed by atoms with Crippen LogP contribution in [-0.2, 0) is 4.79 Å². The Morgan fingerprint density at radius 3 is 2.59 bits per heavy atom. The summed E-state index contributed by atoms with van der Waals surface area (Å²) < 4.78 is 5.36. The Morgan fingerprint density at radius 1 is 1.07 bits per heavy atom. The molecule has 0 saturated heterocycles. The van der Waals surface area contributed by atoms with Gasteiger partial charge in [-0.3, -0.25) is 14.5 Å². The van der Waals surface area contributed by atoms with E-state index in [1.54, 1.807) is 12.0 Å². The van der Waals surface area contributed by atoms with Gasteiger partial charge in [-0.25, -0.2) is 0 Å². The van der Waals surface area contributed by atoms with Crippen molar-refractivity contribution in [1.29, 1.82) is 0 Å². The predicted molar refractivity (Wildman–Crippen MR) is 105 cm³/mol. The monoisotopic (exact) mass is 360 g/mol. The van der Waals surface area contributed by atoms with Crippen molar-refractivity contribution >= 4 is 28.3 Å². The molecule has 0 fully saturated rings. The Morgan fingerprint density at radius 2 is 1.81 bits per heavy atom. The van der Waals surface area contributed by atoms with Crippen LogP contribution < -0.4 is 15.0 Å². The lowest BCUT2D eigenvalue weighted by atomic mass is 10.1. The maximum Gasteiger partial charge on any atom is 0.259 e. The maximum absolute atomic E-state index is 12.8. The number of carbonyl (C=O) groups is 2. The second-order valence-electron chi connectivity index (χ2n) is 6.60. The summed E-state index contributed by atoms with van der Waals surface area (Å²) in [6.07, 6.45) is 0. The van der Waals surface area contributed by atoms with E-state index in [-0.39, 0.29) is 24.4 Å². The minimum Gasteiger partial charge on any atom is -0.496 e. The summed E-state index contributed by atoms with van der Waals surface area (Å²) in [6.45, 7) is 1.88. The molecule has 2 amide bonds. The smallest absolute Gasteiger partial charge is 0.259 e. The van der Waals surface area contributed by atoms with Crippen molar-refractivity contribution in [2.24, 2.45) is 0 Å². The molecule has 1 N–H and O–H groups in total. The zero-order chi connectivity index (χ0) is 19.0. The molecule has 0 bridgehead atoms. The molecule has 1 atom stereocenters. The number of anilines is 1. The standard InChI is InChI=1S/C22H20N2O3/c1-14(16-9-3-4-12-19(16)27-2)23-20(25)13-24-18-11-6-8-15-7-5-10-17(21(15)18)22(24)26/h3-12,14H,13H2,1-2H3,(H,23,25)/t14-/m0/s1. The fraction of sp³-hybridized carbons (Fsp3) is 0.182. The molecule has 0 saturated carbocycles. The number of para-hydroxylation sites is 1. The third-order valence-corrected chi connectivity index (χ3v) is 4.93. The molecule has 1 aliphatic rings. The molecule has 136 valence electrons. The van der Waals surface area contributed by atoms with Crippen LogP contribution in [0.15, 0.2) is 60.7 Å². The number of ether oxygens (including phenoxy) is 1. The lowest BCUT2D eigenvalue weighted by molar-refractivity contribution is -0.120. The van der Waals surface area contributed by atoms with Crippen molar-refractivity contribution in [3.05, 3.63) is 71.8 Å². The van der Waals surface area contributed by atoms with E-state index < -0.39 is 0 Å². The van der Waals surface area contributed by atoms with Crippen molar-refractivity contribution in [2.45, 2.75) is 13.0 Å². The van der Waals surface area contributed by atoms with E-state index in [4.69, 9.17) is 4.74 Å². The van der Waals surface area contributed by atoms with Gasteiger partial charge < -0.3 is 10.1 Å². The first-order valence-electron chi connectivity index (χ1n) is 8.86. The van der Waals surface area contributed by atoms with Crippen LogP contribution in [0.2, 0.25) is 0 Å². The number of rotatable bonds is 5. The molecule has 0 aromatic heterocycles. The largest absolute Gasteiger partial charge is 0.496 e. The van der Waals surface area contributed by atoms with Crippen LogP contribution in [0.25, 0.3) is 10.8 Å². The minimum absolute atomic E-state index is 0.0217. The number of nitrogens with one attached hydrogen (secondary N) is 1. The van der Waals surface area contributed by atoms with Gasteiger partial charge in [0.25, 0.3) is 5.91 Å². The highest BCUT2D eigenvalue weighted by Gasteiger charge is 2.31. The highest BCUT2D eigenvalue weighted by molar-refractivity contribution is 6.26. The Labute approximate surface area is 157 Å². The number of nitrogens with zero attached hydrogens (tertiary/aromatic N) is 1. The van der Waals surface area contributed by atoms with E-state index in [0.717, 1.165) is 27.8 Å². The molecular formula is C22H20N2O3. The number of hydrogen-bond acceptors (Lipinski definition) is 3. The zero-order valence-corrected chi connectivity index (χ0v) is 15.2. The van der Waals surface area contributed by atoms with Crippen molar-refractivity contribution in [1.82, 2.24) is 5.32 Å². The van der Waals surface area contributed by atoms with E-state index in [0.29, 0.717) is 5.56 Å². The number of benzene rings is 3. The first-order valence-corrected chi connectivity index (χ1v) is 8.86. The predicted octanol–water partition coefficient (Wildman–Crippen LogP) is 3.69. The van der Waals surface area contributed by atoms with Crippen molar-refractivity contribution in [3.8, 4) is 5.75 Å². The van der Waals surface area contributed by atoms with Gasteiger partial charge in [-0.2, -0.15) is 0 Å². The van der Waals surface area contributed by atoms with Crippen LogP contribution in [0.1, 0.15) is 28.9 Å². The second-order valence-corrected chi connectivity index (χ2v) is 6.60. The first kappa shape index (κ1) is 17.1. The van der Waals surface area contributed by atoms with E-state index in [1.807, 2.05) is 67.6 Å². The van der Waals surface area contributed by atoms with Gasteiger partial charge in [0.1, 0.15) is 12.3 Å². The van der Waals surface area contributed by atoms with Gasteiger partial charge in [0.05, 0.1) is 18.8 Å². The van der Waals surface area contributed by atoms with E-state index in [9.17, 15) is 9.59 Å². The van der Waals surface area contributed by atoms with Gasteiger partial charge in [-0.05, 0) is 30.5 Å². The topological polar surface area (TPSA) is 58.6 Å². The average molecular weight is 360 g/mol. The van der Waals surface area contributed by atoms with Crippen molar-refractivity contribution in [3.63, 3.8) is 0 Å². The summed E-state index contributed by atoms with van der Waals surface area (Å²) in [5, 5.41) is 4.88. The van der Waals surface area contributed by atoms with Crippen LogP contribution in [0.5, 0.6) is 5.75 Å². The maximum atomic E-state index is 12.8. The molecule has 0 unspecified atom stereocenters. The molecule has 1 aliphatic heterocycles. The molecule has 0 spiro atoms. The fourth-order valence-corrected chi connectivity index (χ4v) is 3.67. The summed E-state index contributed by atoms with van der Waals surface area (Å²) in [5.74, 6) is 0.369. The molecule has 0 aliphatic carbocycles. The molecule has 1 heterocycles. The number of carbonyl (C=O) groups excluding carboxylic acids is 2. The van der Waals surface area contributed by atoms with E-state index in [1.165, 1.54) is 0 Å². The highest BCUT2D eigenvalue weighted by Crippen LogP contribution is 2.37. The van der Waals surface area contributed by atoms with Gasteiger partial charge in [-0.15, -0.1) is 0 Å². The summed E-state index contributed by atoms with van der Waals surface area (Å²) in [6, 6.07) is 18.8. The molecule has 0 radical (unpaired) electrons. The third kappa shape index (κ3) is 2.91. The summed E-state index contributed by atoms with van der Waals surface area (Å²) in [7, 11) is 1.61. The van der Waals surface area contributed by atoms with Crippen LogP contribution >= 0.6 is 0 Å². The van der Waals surface area contributed by atoms with Gasteiger partial charge in [-0.1, -0.05) is 42.5 Å². The first-order chi connectivity index (χ1) is 13.1. The Hall–Kier alpha value is -3.34.